The topological polar surface area (TPSA) is 12.0 Å². The van der Waals surface area contributed by atoms with Gasteiger partial charge in [0.25, 0.3) is 0 Å². The molecule has 1 aliphatic heterocycles. The molecule has 0 atom stereocenters. The van der Waals surface area contributed by atoms with E-state index in [0.717, 1.165) is 6.54 Å². The van der Waals surface area contributed by atoms with Gasteiger partial charge in [0.05, 0.1) is 0 Å². The fourth-order valence-corrected chi connectivity index (χ4v) is 1.67. The van der Waals surface area contributed by atoms with Gasteiger partial charge in [0.1, 0.15) is 0 Å². The molecular formula is C12H19N. The zero-order chi connectivity index (χ0) is 10.6. The second-order valence-corrected chi connectivity index (χ2v) is 3.75. The first-order valence-electron chi connectivity index (χ1n) is 5.64. The van der Waals surface area contributed by atoms with Crippen LogP contribution >= 0.6 is 0 Å². The van der Waals surface area contributed by atoms with Crippen LogP contribution in [-0.2, 0) is 6.42 Å². The Morgan fingerprint density at radius 2 is 2.23 bits per heavy atom. The predicted octanol–water partition coefficient (Wildman–Crippen LogP) is 3.41. The molecule has 0 unspecified atom stereocenters. The van der Waals surface area contributed by atoms with Crippen molar-refractivity contribution in [1.29, 1.82) is 0 Å². The van der Waals surface area contributed by atoms with Crippen LogP contribution in [0.2, 0.25) is 0 Å². The molecule has 0 saturated heterocycles. The van der Waals surface area contributed by atoms with E-state index in [4.69, 9.17) is 1.37 Å². The van der Waals surface area contributed by atoms with Crippen LogP contribution in [-0.4, -0.2) is 6.54 Å². The molecule has 13 heavy (non-hydrogen) atoms. The maximum Gasteiger partial charge on any atom is 0.0376 e. The van der Waals surface area contributed by atoms with Crippen molar-refractivity contribution in [3.8, 4) is 0 Å². The summed E-state index contributed by atoms with van der Waals surface area (Å²) in [4.78, 5) is 0. The van der Waals surface area contributed by atoms with E-state index in [1.54, 1.807) is 0 Å². The second-order valence-electron chi connectivity index (χ2n) is 3.75. The lowest BCUT2D eigenvalue weighted by molar-refractivity contribution is 0.867. The Bertz CT molecular complexity index is 294. The summed E-state index contributed by atoms with van der Waals surface area (Å²) in [5.41, 5.74) is 4.25. The molecule has 0 fully saturated rings. The van der Waals surface area contributed by atoms with Gasteiger partial charge in [-0.2, -0.15) is 0 Å². The minimum atomic E-state index is 0.637. The fraction of sp³-hybridized carbons (Fsp3) is 0.500. The molecule has 1 heteroatoms. The minimum Gasteiger partial charge on any atom is -0.384 e. The maximum atomic E-state index is 5.75. The summed E-state index contributed by atoms with van der Waals surface area (Å²) in [6.45, 7) is 5.57. The molecular weight excluding hydrogens is 158 g/mol. The zero-order valence-corrected chi connectivity index (χ0v) is 8.72. The average Bonchev–Trinajstić information content (AvgIpc) is 2.67. The Labute approximate surface area is 82.6 Å². The molecule has 1 nitrogen and oxygen atoms in total. The molecule has 2 rings (SSSR count). The predicted molar refractivity (Wildman–Crippen MR) is 59.5 cm³/mol. The Morgan fingerprint density at radius 3 is 2.92 bits per heavy atom. The highest BCUT2D eigenvalue weighted by atomic mass is 14.9. The SMILES string of the molecule is CC(C)c1ccc2c(c1)NCC2.[3H]C. The summed E-state index contributed by atoms with van der Waals surface area (Å²) in [5.74, 6) is 0.637. The van der Waals surface area contributed by atoms with E-state index < -0.39 is 0 Å². The van der Waals surface area contributed by atoms with Gasteiger partial charge in [0.2, 0.25) is 0 Å². The zero-order valence-electron chi connectivity index (χ0n) is 9.72. The second kappa shape index (κ2) is 3.82. The molecule has 0 radical (unpaired) electrons. The van der Waals surface area contributed by atoms with Gasteiger partial charge in [-0.25, -0.2) is 0 Å². The van der Waals surface area contributed by atoms with Gasteiger partial charge < -0.3 is 5.32 Å². The number of benzene rings is 1. The van der Waals surface area contributed by atoms with E-state index >= 15 is 0 Å². The summed E-state index contributed by atoms with van der Waals surface area (Å²) in [5, 5.41) is 3.40. The van der Waals surface area contributed by atoms with Crippen molar-refractivity contribution in [2.45, 2.75) is 33.6 Å². The molecule has 1 aromatic carbocycles. The molecule has 0 aromatic heterocycles. The van der Waals surface area contributed by atoms with E-state index in [1.807, 2.05) is 0 Å². The number of rotatable bonds is 1. The van der Waals surface area contributed by atoms with Crippen molar-refractivity contribution >= 4 is 5.69 Å². The quantitative estimate of drug-likeness (QED) is 0.696. The maximum absolute atomic E-state index is 5.75. The summed E-state index contributed by atoms with van der Waals surface area (Å²) < 4.78 is 5.75. The van der Waals surface area contributed by atoms with Crippen molar-refractivity contribution in [2.75, 3.05) is 11.9 Å². The van der Waals surface area contributed by atoms with E-state index in [0.29, 0.717) is 5.92 Å². The molecule has 1 N–H and O–H groups in total. The number of hydrogen-bond donors (Lipinski definition) is 1. The van der Waals surface area contributed by atoms with Crippen molar-refractivity contribution in [3.05, 3.63) is 29.3 Å². The minimum absolute atomic E-state index is 0.637. The van der Waals surface area contributed by atoms with Crippen LogP contribution in [0.15, 0.2) is 18.2 Å². The summed E-state index contributed by atoms with van der Waals surface area (Å²) >= 11 is 0. The Balaban J connectivity index is 0.000000461. The third-order valence-electron chi connectivity index (χ3n) is 2.51. The van der Waals surface area contributed by atoms with Crippen LogP contribution in [0.5, 0.6) is 0 Å². The molecule has 72 valence electrons. The Morgan fingerprint density at radius 1 is 1.46 bits per heavy atom. The van der Waals surface area contributed by atoms with Crippen LogP contribution in [0.4, 0.5) is 5.69 Å². The molecule has 1 heterocycles. The van der Waals surface area contributed by atoms with Crippen molar-refractivity contribution < 1.29 is 1.37 Å². The highest BCUT2D eigenvalue weighted by molar-refractivity contribution is 5.57. The molecule has 0 bridgehead atoms. The molecule has 0 spiro atoms. The normalized spacial score (nSPS) is 14.0. The fourth-order valence-electron chi connectivity index (χ4n) is 1.67. The smallest absolute Gasteiger partial charge is 0.0376 e. The summed E-state index contributed by atoms with van der Waals surface area (Å²) in [6.07, 6.45) is 1.19. The van der Waals surface area contributed by atoms with Gasteiger partial charge >= 0.3 is 0 Å². The van der Waals surface area contributed by atoms with Gasteiger partial charge in [-0.1, -0.05) is 33.4 Å². The first-order chi connectivity index (χ1) is 6.77. The Kier molecular flexibility index (Phi) is 2.53. The van der Waals surface area contributed by atoms with Crippen molar-refractivity contribution in [2.24, 2.45) is 0 Å². The van der Waals surface area contributed by atoms with Crippen molar-refractivity contribution in [3.63, 3.8) is 0 Å². The lowest BCUT2D eigenvalue weighted by atomic mass is 10.0. The molecule has 0 amide bonds. The summed E-state index contributed by atoms with van der Waals surface area (Å²) in [7, 11) is 1.25. The van der Waals surface area contributed by atoms with Gasteiger partial charge in [0.15, 0.2) is 0 Å². The standard InChI is InChI=1S/C11H15N.CH4/c1-8(2)10-4-3-9-5-6-12-11(9)7-10;/h3-4,7-8,12H,5-6H2,1-2H3;1H4/i;1T. The number of anilines is 1. The first kappa shape index (κ1) is 8.61. The average molecular weight is 179 g/mol. The van der Waals surface area contributed by atoms with Crippen LogP contribution in [0.25, 0.3) is 0 Å². The number of hydrogen-bond acceptors (Lipinski definition) is 1. The van der Waals surface area contributed by atoms with Gasteiger partial charge in [-0.05, 0) is 29.5 Å². The lowest BCUT2D eigenvalue weighted by Gasteiger charge is -2.07. The highest BCUT2D eigenvalue weighted by Gasteiger charge is 2.10. The monoisotopic (exact) mass is 179 g/mol. The summed E-state index contributed by atoms with van der Waals surface area (Å²) in [6, 6.07) is 6.79. The first-order valence-corrected chi connectivity index (χ1v) is 4.64. The highest BCUT2D eigenvalue weighted by Crippen LogP contribution is 2.26. The van der Waals surface area contributed by atoms with E-state index in [2.05, 4.69) is 37.4 Å². The van der Waals surface area contributed by atoms with E-state index in [-0.39, 0.29) is 0 Å². The lowest BCUT2D eigenvalue weighted by Crippen LogP contribution is -1.92. The third kappa shape index (κ3) is 1.85. The van der Waals surface area contributed by atoms with Crippen molar-refractivity contribution in [1.82, 2.24) is 0 Å². The molecule has 1 aliphatic rings. The van der Waals surface area contributed by atoms with Gasteiger partial charge in [-0.3, -0.25) is 0 Å². The number of nitrogens with one attached hydrogen (secondary N) is 1. The van der Waals surface area contributed by atoms with Crippen LogP contribution in [0, 0.1) is 0 Å². The largest absolute Gasteiger partial charge is 0.384 e. The van der Waals surface area contributed by atoms with Gasteiger partial charge in [-0.15, -0.1) is 0 Å². The molecule has 0 saturated carbocycles. The molecule has 0 aliphatic carbocycles. The Hall–Kier alpha value is -0.980. The van der Waals surface area contributed by atoms with Crippen LogP contribution in [0.3, 0.4) is 0 Å². The van der Waals surface area contributed by atoms with Crippen LogP contribution < -0.4 is 5.32 Å². The van der Waals surface area contributed by atoms with Crippen LogP contribution in [0.1, 0.15) is 39.7 Å². The van der Waals surface area contributed by atoms with E-state index in [1.165, 1.54) is 30.6 Å². The van der Waals surface area contributed by atoms with E-state index in [9.17, 15) is 0 Å². The molecule has 1 aromatic rings. The number of fused-ring (bicyclic) bond motifs is 1. The van der Waals surface area contributed by atoms with Gasteiger partial charge in [0, 0.05) is 13.6 Å². The third-order valence-corrected chi connectivity index (χ3v) is 2.51.